The Labute approximate surface area is 106 Å². The van der Waals surface area contributed by atoms with Gasteiger partial charge in [-0.2, -0.15) is 5.26 Å². The van der Waals surface area contributed by atoms with Crippen LogP contribution in [0.15, 0.2) is 36.4 Å². The van der Waals surface area contributed by atoms with Gasteiger partial charge in [-0.25, -0.2) is 0 Å². The molecule has 0 spiro atoms. The van der Waals surface area contributed by atoms with Crippen molar-refractivity contribution in [1.29, 1.82) is 5.26 Å². The van der Waals surface area contributed by atoms with Gasteiger partial charge in [0.05, 0.1) is 12.7 Å². The Bertz CT molecular complexity index is 627. The molecule has 0 aliphatic rings. The third kappa shape index (κ3) is 2.14. The molecule has 0 radical (unpaired) electrons. The standard InChI is InChI=1S/C15H13NO2/c1-10-7-11(5-6-15(10)18-2)12-3-4-13(9-16)14(17)8-12/h3-8,17H,1-2H3. The zero-order valence-electron chi connectivity index (χ0n) is 10.3. The molecule has 0 aliphatic carbocycles. The molecule has 18 heavy (non-hydrogen) atoms. The Hall–Kier alpha value is -2.47. The molecule has 0 amide bonds. The molecule has 0 atom stereocenters. The molecule has 0 fully saturated rings. The van der Waals surface area contributed by atoms with Crippen LogP contribution in [0.4, 0.5) is 0 Å². The van der Waals surface area contributed by atoms with Crippen molar-refractivity contribution < 1.29 is 9.84 Å². The molecule has 2 aromatic carbocycles. The molecular formula is C15H13NO2. The summed E-state index contributed by atoms with van der Waals surface area (Å²) < 4.78 is 5.20. The van der Waals surface area contributed by atoms with Gasteiger partial charge in [0.2, 0.25) is 0 Å². The van der Waals surface area contributed by atoms with Crippen molar-refractivity contribution in [3.63, 3.8) is 0 Å². The van der Waals surface area contributed by atoms with Crippen molar-refractivity contribution in [3.05, 3.63) is 47.5 Å². The molecule has 0 aliphatic heterocycles. The van der Waals surface area contributed by atoms with Crippen LogP contribution in [-0.4, -0.2) is 12.2 Å². The molecule has 3 nitrogen and oxygen atoms in total. The first-order valence-corrected chi connectivity index (χ1v) is 5.54. The van der Waals surface area contributed by atoms with Gasteiger partial charge in [-0.05, 0) is 47.9 Å². The van der Waals surface area contributed by atoms with E-state index in [4.69, 9.17) is 10.00 Å². The number of benzene rings is 2. The number of aryl methyl sites for hydroxylation is 1. The second-order valence-corrected chi connectivity index (χ2v) is 4.03. The van der Waals surface area contributed by atoms with E-state index in [1.807, 2.05) is 37.3 Å². The molecule has 3 heteroatoms. The van der Waals surface area contributed by atoms with Crippen molar-refractivity contribution in [1.82, 2.24) is 0 Å². The van der Waals surface area contributed by atoms with Crippen molar-refractivity contribution in [2.24, 2.45) is 0 Å². The lowest BCUT2D eigenvalue weighted by Gasteiger charge is -2.08. The van der Waals surface area contributed by atoms with Gasteiger partial charge in [0.1, 0.15) is 17.6 Å². The van der Waals surface area contributed by atoms with Gasteiger partial charge in [-0.1, -0.05) is 12.1 Å². The Balaban J connectivity index is 2.46. The zero-order chi connectivity index (χ0) is 13.1. The highest BCUT2D eigenvalue weighted by atomic mass is 16.5. The molecule has 2 aromatic rings. The Kier molecular flexibility index (Phi) is 3.20. The van der Waals surface area contributed by atoms with Crippen LogP contribution >= 0.6 is 0 Å². The molecule has 0 saturated heterocycles. The Morgan fingerprint density at radius 2 is 1.78 bits per heavy atom. The molecule has 2 rings (SSSR count). The summed E-state index contributed by atoms with van der Waals surface area (Å²) in [5.74, 6) is 0.833. The van der Waals surface area contributed by atoms with Crippen LogP contribution in [0.25, 0.3) is 11.1 Å². The maximum atomic E-state index is 9.68. The van der Waals surface area contributed by atoms with E-state index < -0.39 is 0 Å². The highest BCUT2D eigenvalue weighted by molar-refractivity contribution is 5.68. The van der Waals surface area contributed by atoms with E-state index in [1.165, 1.54) is 0 Å². The molecule has 0 unspecified atom stereocenters. The lowest BCUT2D eigenvalue weighted by Crippen LogP contribution is -1.88. The summed E-state index contributed by atoms with van der Waals surface area (Å²) in [7, 11) is 1.63. The van der Waals surface area contributed by atoms with E-state index in [9.17, 15) is 5.11 Å². The van der Waals surface area contributed by atoms with E-state index in [0.29, 0.717) is 0 Å². The first-order valence-electron chi connectivity index (χ1n) is 5.54. The summed E-state index contributed by atoms with van der Waals surface area (Å²) in [6.45, 7) is 1.96. The van der Waals surface area contributed by atoms with Crippen LogP contribution in [0, 0.1) is 18.3 Å². The fraction of sp³-hybridized carbons (Fsp3) is 0.133. The van der Waals surface area contributed by atoms with Crippen molar-refractivity contribution in [3.8, 4) is 28.7 Å². The van der Waals surface area contributed by atoms with Gasteiger partial charge in [-0.15, -0.1) is 0 Å². The van der Waals surface area contributed by atoms with Gasteiger partial charge < -0.3 is 9.84 Å². The average molecular weight is 239 g/mol. The summed E-state index contributed by atoms with van der Waals surface area (Å²) in [4.78, 5) is 0. The first-order chi connectivity index (χ1) is 8.65. The quantitative estimate of drug-likeness (QED) is 0.875. The Morgan fingerprint density at radius 3 is 2.33 bits per heavy atom. The summed E-state index contributed by atoms with van der Waals surface area (Å²) in [6, 6.07) is 12.8. The van der Waals surface area contributed by atoms with Gasteiger partial charge in [0.15, 0.2) is 0 Å². The first kappa shape index (κ1) is 12.0. The van der Waals surface area contributed by atoms with Gasteiger partial charge >= 0.3 is 0 Å². The Morgan fingerprint density at radius 1 is 1.11 bits per heavy atom. The van der Waals surface area contributed by atoms with Crippen LogP contribution in [-0.2, 0) is 0 Å². The predicted molar refractivity (Wildman–Crippen MR) is 69.5 cm³/mol. The maximum Gasteiger partial charge on any atom is 0.133 e. The number of hydrogen-bond donors (Lipinski definition) is 1. The lowest BCUT2D eigenvalue weighted by molar-refractivity contribution is 0.412. The van der Waals surface area contributed by atoms with Crippen LogP contribution in [0.2, 0.25) is 0 Å². The molecule has 0 heterocycles. The summed E-state index contributed by atoms with van der Waals surface area (Å²) >= 11 is 0. The third-order valence-electron chi connectivity index (χ3n) is 2.85. The molecule has 0 saturated carbocycles. The van der Waals surface area contributed by atoms with Crippen molar-refractivity contribution >= 4 is 0 Å². The minimum absolute atomic E-state index is 0.00321. The minimum Gasteiger partial charge on any atom is -0.507 e. The van der Waals surface area contributed by atoms with Crippen molar-refractivity contribution in [2.45, 2.75) is 6.92 Å². The largest absolute Gasteiger partial charge is 0.507 e. The SMILES string of the molecule is COc1ccc(-c2ccc(C#N)c(O)c2)cc1C. The maximum absolute atomic E-state index is 9.68. The number of nitriles is 1. The summed E-state index contributed by atoms with van der Waals surface area (Å²) in [6.07, 6.45) is 0. The third-order valence-corrected chi connectivity index (χ3v) is 2.85. The normalized spacial score (nSPS) is 9.83. The van der Waals surface area contributed by atoms with Crippen LogP contribution in [0.5, 0.6) is 11.5 Å². The minimum atomic E-state index is 0.00321. The summed E-state index contributed by atoms with van der Waals surface area (Å²) in [5.41, 5.74) is 3.16. The number of aromatic hydroxyl groups is 1. The fourth-order valence-electron chi connectivity index (χ4n) is 1.86. The second kappa shape index (κ2) is 4.80. The number of rotatable bonds is 2. The zero-order valence-corrected chi connectivity index (χ0v) is 10.3. The van der Waals surface area contributed by atoms with Gasteiger partial charge in [-0.3, -0.25) is 0 Å². The molecule has 0 aromatic heterocycles. The lowest BCUT2D eigenvalue weighted by atomic mass is 10.0. The number of phenolic OH excluding ortho intramolecular Hbond substituents is 1. The van der Waals surface area contributed by atoms with Crippen LogP contribution < -0.4 is 4.74 Å². The summed E-state index contributed by atoms with van der Waals surface area (Å²) in [5, 5.41) is 18.4. The van der Waals surface area contributed by atoms with E-state index in [1.54, 1.807) is 19.2 Å². The van der Waals surface area contributed by atoms with E-state index in [-0.39, 0.29) is 11.3 Å². The highest BCUT2D eigenvalue weighted by Gasteiger charge is 2.05. The molecule has 0 bridgehead atoms. The topological polar surface area (TPSA) is 53.2 Å². The second-order valence-electron chi connectivity index (χ2n) is 4.03. The predicted octanol–water partition coefficient (Wildman–Crippen LogP) is 3.25. The van der Waals surface area contributed by atoms with E-state index in [2.05, 4.69) is 0 Å². The highest BCUT2D eigenvalue weighted by Crippen LogP contribution is 2.29. The number of ether oxygens (including phenoxy) is 1. The smallest absolute Gasteiger partial charge is 0.133 e. The number of phenols is 1. The fourth-order valence-corrected chi connectivity index (χ4v) is 1.86. The van der Waals surface area contributed by atoms with Gasteiger partial charge in [0, 0.05) is 0 Å². The van der Waals surface area contributed by atoms with Gasteiger partial charge in [0.25, 0.3) is 0 Å². The van der Waals surface area contributed by atoms with E-state index in [0.717, 1.165) is 22.4 Å². The number of nitrogens with zero attached hydrogens (tertiary/aromatic N) is 1. The average Bonchev–Trinajstić information content (AvgIpc) is 2.38. The van der Waals surface area contributed by atoms with E-state index >= 15 is 0 Å². The van der Waals surface area contributed by atoms with Crippen LogP contribution in [0.3, 0.4) is 0 Å². The monoisotopic (exact) mass is 239 g/mol. The molecular weight excluding hydrogens is 226 g/mol. The van der Waals surface area contributed by atoms with Crippen LogP contribution in [0.1, 0.15) is 11.1 Å². The van der Waals surface area contributed by atoms with Crippen molar-refractivity contribution in [2.75, 3.05) is 7.11 Å². The molecule has 1 N–H and O–H groups in total. The molecule has 90 valence electrons. The number of methoxy groups -OCH3 is 1. The number of hydrogen-bond acceptors (Lipinski definition) is 3.